The van der Waals surface area contributed by atoms with Gasteiger partial charge < -0.3 is 9.88 Å². The molecule has 2 rings (SSSR count). The molecule has 1 aliphatic rings. The van der Waals surface area contributed by atoms with Crippen LogP contribution in [-0.4, -0.2) is 22.6 Å². The Balaban J connectivity index is 1.87. The van der Waals surface area contributed by atoms with Gasteiger partial charge in [0.05, 0.1) is 6.33 Å². The Hall–Kier alpha value is -0.830. The first kappa shape index (κ1) is 12.6. The Morgan fingerprint density at radius 2 is 2.12 bits per heavy atom. The molecule has 0 bridgehead atoms. The van der Waals surface area contributed by atoms with Gasteiger partial charge in [0.25, 0.3) is 0 Å². The quantitative estimate of drug-likeness (QED) is 0.768. The highest BCUT2D eigenvalue weighted by atomic mass is 15.0. The molecule has 3 nitrogen and oxygen atoms in total. The zero-order valence-corrected chi connectivity index (χ0v) is 11.0. The van der Waals surface area contributed by atoms with Crippen LogP contribution in [0.15, 0.2) is 12.5 Å². The first-order valence-corrected chi connectivity index (χ1v) is 7.12. The second-order valence-electron chi connectivity index (χ2n) is 5.10. The van der Waals surface area contributed by atoms with E-state index in [0.29, 0.717) is 0 Å². The molecule has 0 atom stereocenters. The summed E-state index contributed by atoms with van der Waals surface area (Å²) in [7, 11) is 0. The fourth-order valence-electron chi connectivity index (χ4n) is 2.68. The van der Waals surface area contributed by atoms with Crippen molar-refractivity contribution in [3.05, 3.63) is 18.2 Å². The molecule has 0 radical (unpaired) electrons. The molecular weight excluding hydrogens is 210 g/mol. The summed E-state index contributed by atoms with van der Waals surface area (Å²) in [5.74, 6) is 0.727. The summed E-state index contributed by atoms with van der Waals surface area (Å²) in [4.78, 5) is 4.34. The Morgan fingerprint density at radius 1 is 1.29 bits per heavy atom. The van der Waals surface area contributed by atoms with Gasteiger partial charge in [0.1, 0.15) is 0 Å². The van der Waals surface area contributed by atoms with Gasteiger partial charge in [-0.1, -0.05) is 26.2 Å². The number of imidazole rings is 1. The van der Waals surface area contributed by atoms with Crippen LogP contribution in [0.5, 0.6) is 0 Å². The average Bonchev–Trinajstić information content (AvgIpc) is 2.84. The molecule has 1 aromatic heterocycles. The summed E-state index contributed by atoms with van der Waals surface area (Å²) < 4.78 is 2.38. The summed E-state index contributed by atoms with van der Waals surface area (Å²) in [6.45, 7) is 5.73. The molecule has 1 aliphatic heterocycles. The van der Waals surface area contributed by atoms with E-state index in [-0.39, 0.29) is 0 Å². The van der Waals surface area contributed by atoms with Gasteiger partial charge in [0.2, 0.25) is 0 Å². The third kappa shape index (κ3) is 3.56. The molecule has 1 aromatic rings. The maximum Gasteiger partial charge on any atom is 0.0948 e. The summed E-state index contributed by atoms with van der Waals surface area (Å²) in [6.07, 6.45) is 11.9. The number of hydrogen-bond acceptors (Lipinski definition) is 2. The highest BCUT2D eigenvalue weighted by molar-refractivity contribution is 5.07. The number of aromatic nitrogens is 2. The average molecular weight is 235 g/mol. The number of rotatable bonds is 6. The van der Waals surface area contributed by atoms with Gasteiger partial charge in [-0.3, -0.25) is 0 Å². The van der Waals surface area contributed by atoms with Gasteiger partial charge in [0, 0.05) is 24.4 Å². The van der Waals surface area contributed by atoms with Crippen LogP contribution in [0.2, 0.25) is 0 Å². The van der Waals surface area contributed by atoms with Crippen LogP contribution in [0.4, 0.5) is 0 Å². The van der Waals surface area contributed by atoms with Crippen molar-refractivity contribution in [2.75, 3.05) is 13.1 Å². The minimum absolute atomic E-state index is 0.727. The molecular formula is C14H25N3. The maximum absolute atomic E-state index is 4.34. The van der Waals surface area contributed by atoms with Crippen LogP contribution in [0, 0.1) is 0 Å². The highest BCUT2D eigenvalue weighted by Gasteiger charge is 2.18. The normalized spacial score (nSPS) is 17.5. The molecule has 0 unspecified atom stereocenters. The molecule has 1 saturated heterocycles. The molecule has 0 aromatic carbocycles. The van der Waals surface area contributed by atoms with E-state index in [1.54, 1.807) is 0 Å². The molecule has 1 fully saturated rings. The number of nitrogens with one attached hydrogen (secondary N) is 1. The second-order valence-corrected chi connectivity index (χ2v) is 5.10. The number of aryl methyl sites for hydroxylation is 1. The first-order valence-electron chi connectivity index (χ1n) is 7.12. The maximum atomic E-state index is 4.34. The van der Waals surface area contributed by atoms with E-state index in [4.69, 9.17) is 0 Å². The van der Waals surface area contributed by atoms with Crippen molar-refractivity contribution < 1.29 is 0 Å². The van der Waals surface area contributed by atoms with Gasteiger partial charge in [-0.15, -0.1) is 0 Å². The van der Waals surface area contributed by atoms with Gasteiger partial charge in [-0.05, 0) is 32.4 Å². The molecule has 2 heterocycles. The highest BCUT2D eigenvalue weighted by Crippen LogP contribution is 2.25. The third-order valence-corrected chi connectivity index (χ3v) is 3.75. The SMILES string of the molecule is CCCCCCn1cncc1C1CCNCC1. The molecule has 0 amide bonds. The number of nitrogens with zero attached hydrogens (tertiary/aromatic N) is 2. The fourth-order valence-corrected chi connectivity index (χ4v) is 2.68. The van der Waals surface area contributed by atoms with Crippen LogP contribution in [-0.2, 0) is 6.54 Å². The smallest absolute Gasteiger partial charge is 0.0948 e. The van der Waals surface area contributed by atoms with Crippen molar-refractivity contribution in [1.29, 1.82) is 0 Å². The molecule has 0 spiro atoms. The van der Waals surface area contributed by atoms with Crippen molar-refractivity contribution >= 4 is 0 Å². The van der Waals surface area contributed by atoms with E-state index in [1.165, 1.54) is 44.2 Å². The van der Waals surface area contributed by atoms with Crippen LogP contribution in [0.1, 0.15) is 57.1 Å². The Bertz CT molecular complexity index is 313. The van der Waals surface area contributed by atoms with E-state index in [9.17, 15) is 0 Å². The lowest BCUT2D eigenvalue weighted by Gasteiger charge is -2.23. The number of hydrogen-bond donors (Lipinski definition) is 1. The predicted octanol–water partition coefficient (Wildman–Crippen LogP) is 2.93. The van der Waals surface area contributed by atoms with Gasteiger partial charge in [-0.2, -0.15) is 0 Å². The predicted molar refractivity (Wildman–Crippen MR) is 71.2 cm³/mol. The first-order chi connectivity index (χ1) is 8.42. The molecule has 0 saturated carbocycles. The molecule has 17 heavy (non-hydrogen) atoms. The lowest BCUT2D eigenvalue weighted by molar-refractivity contribution is 0.434. The Morgan fingerprint density at radius 3 is 2.88 bits per heavy atom. The Labute approximate surface area is 105 Å². The summed E-state index contributed by atoms with van der Waals surface area (Å²) in [5, 5.41) is 3.43. The minimum Gasteiger partial charge on any atom is -0.334 e. The third-order valence-electron chi connectivity index (χ3n) is 3.75. The summed E-state index contributed by atoms with van der Waals surface area (Å²) >= 11 is 0. The van der Waals surface area contributed by atoms with Crippen LogP contribution in [0.25, 0.3) is 0 Å². The largest absolute Gasteiger partial charge is 0.334 e. The number of piperidine rings is 1. The Kier molecular flexibility index (Phi) is 5.05. The lowest BCUT2D eigenvalue weighted by Crippen LogP contribution is -2.27. The van der Waals surface area contributed by atoms with Crippen molar-refractivity contribution in [1.82, 2.24) is 14.9 Å². The van der Waals surface area contributed by atoms with Gasteiger partial charge in [-0.25, -0.2) is 4.98 Å². The van der Waals surface area contributed by atoms with Crippen molar-refractivity contribution in [2.24, 2.45) is 0 Å². The monoisotopic (exact) mass is 235 g/mol. The molecule has 1 N–H and O–H groups in total. The molecule has 0 aliphatic carbocycles. The van der Waals surface area contributed by atoms with Crippen LogP contribution < -0.4 is 5.32 Å². The van der Waals surface area contributed by atoms with Crippen molar-refractivity contribution in [2.45, 2.75) is 57.9 Å². The van der Waals surface area contributed by atoms with E-state index < -0.39 is 0 Å². The standard InChI is InChI=1S/C14H25N3/c1-2-3-4-5-10-17-12-16-11-14(17)13-6-8-15-9-7-13/h11-13,15H,2-10H2,1H3. The summed E-state index contributed by atoms with van der Waals surface area (Å²) in [6, 6.07) is 0. The van der Waals surface area contributed by atoms with Crippen LogP contribution >= 0.6 is 0 Å². The van der Waals surface area contributed by atoms with Crippen molar-refractivity contribution in [3.8, 4) is 0 Å². The summed E-state index contributed by atoms with van der Waals surface area (Å²) in [5.41, 5.74) is 1.46. The zero-order chi connectivity index (χ0) is 11.9. The van der Waals surface area contributed by atoms with Gasteiger partial charge in [0.15, 0.2) is 0 Å². The van der Waals surface area contributed by atoms with E-state index in [0.717, 1.165) is 25.6 Å². The minimum atomic E-state index is 0.727. The number of unbranched alkanes of at least 4 members (excludes halogenated alkanes) is 3. The van der Waals surface area contributed by atoms with Gasteiger partial charge >= 0.3 is 0 Å². The lowest BCUT2D eigenvalue weighted by atomic mass is 9.95. The van der Waals surface area contributed by atoms with E-state index in [1.807, 2.05) is 6.33 Å². The van der Waals surface area contributed by atoms with Crippen molar-refractivity contribution in [3.63, 3.8) is 0 Å². The zero-order valence-electron chi connectivity index (χ0n) is 11.0. The fraction of sp³-hybridized carbons (Fsp3) is 0.786. The second kappa shape index (κ2) is 6.80. The topological polar surface area (TPSA) is 29.9 Å². The molecule has 96 valence electrons. The van der Waals surface area contributed by atoms with E-state index >= 15 is 0 Å². The van der Waals surface area contributed by atoms with Crippen LogP contribution in [0.3, 0.4) is 0 Å². The molecule has 3 heteroatoms. The van der Waals surface area contributed by atoms with E-state index in [2.05, 4.69) is 28.0 Å².